The molecule has 1 aromatic rings. The van der Waals surface area contributed by atoms with Gasteiger partial charge in [-0.25, -0.2) is 0 Å². The van der Waals surface area contributed by atoms with E-state index in [2.05, 4.69) is 0 Å². The summed E-state index contributed by atoms with van der Waals surface area (Å²) in [5, 5.41) is 17.8. The Hall–Kier alpha value is -2.11. The summed E-state index contributed by atoms with van der Waals surface area (Å²) < 4.78 is 5.37. The standard InChI is InChI=1S/C11H15N3O3/c1-7-5-8(2)10(6-9(7)14(15)16)17-4-3-11(12)13/h5-6H,3-4H2,1-2H3,(H3,12,13). The summed E-state index contributed by atoms with van der Waals surface area (Å²) in [5.41, 5.74) is 6.66. The number of hydrogen-bond acceptors (Lipinski definition) is 4. The Morgan fingerprint density at radius 3 is 2.65 bits per heavy atom. The molecule has 0 radical (unpaired) electrons. The predicted octanol–water partition coefficient (Wildman–Crippen LogP) is 1.92. The summed E-state index contributed by atoms with van der Waals surface area (Å²) in [4.78, 5) is 10.3. The molecule has 0 spiro atoms. The van der Waals surface area contributed by atoms with Crippen LogP contribution in [0.5, 0.6) is 5.75 Å². The molecule has 0 aliphatic rings. The summed E-state index contributed by atoms with van der Waals surface area (Å²) in [6.45, 7) is 3.75. The molecule has 0 aliphatic carbocycles. The van der Waals surface area contributed by atoms with E-state index in [0.29, 0.717) is 17.7 Å². The van der Waals surface area contributed by atoms with Gasteiger partial charge in [0.05, 0.1) is 23.4 Å². The number of nitro benzene ring substituents is 1. The lowest BCUT2D eigenvalue weighted by Crippen LogP contribution is -2.14. The molecule has 0 aromatic heterocycles. The second kappa shape index (κ2) is 5.29. The maximum absolute atomic E-state index is 10.8. The first-order valence-electron chi connectivity index (χ1n) is 5.13. The number of nitro groups is 1. The van der Waals surface area contributed by atoms with Crippen LogP contribution >= 0.6 is 0 Å². The largest absolute Gasteiger partial charge is 0.493 e. The molecular formula is C11H15N3O3. The third-order valence-electron chi connectivity index (χ3n) is 2.32. The Balaban J connectivity index is 2.88. The minimum absolute atomic E-state index is 0.0317. The van der Waals surface area contributed by atoms with E-state index < -0.39 is 4.92 Å². The van der Waals surface area contributed by atoms with E-state index in [9.17, 15) is 10.1 Å². The SMILES string of the molecule is Cc1cc(C)c([N+](=O)[O-])cc1OCCC(=N)N. The highest BCUT2D eigenvalue weighted by Crippen LogP contribution is 2.28. The van der Waals surface area contributed by atoms with Gasteiger partial charge in [0.15, 0.2) is 0 Å². The zero-order valence-corrected chi connectivity index (χ0v) is 9.82. The number of nitrogens with one attached hydrogen (secondary N) is 1. The van der Waals surface area contributed by atoms with Gasteiger partial charge in [0, 0.05) is 12.0 Å². The zero-order chi connectivity index (χ0) is 13.0. The second-order valence-electron chi connectivity index (χ2n) is 3.79. The second-order valence-corrected chi connectivity index (χ2v) is 3.79. The molecule has 0 saturated heterocycles. The van der Waals surface area contributed by atoms with Gasteiger partial charge >= 0.3 is 0 Å². The Morgan fingerprint density at radius 2 is 2.12 bits per heavy atom. The fourth-order valence-electron chi connectivity index (χ4n) is 1.44. The number of hydrogen-bond donors (Lipinski definition) is 2. The lowest BCUT2D eigenvalue weighted by atomic mass is 10.1. The molecule has 0 unspecified atom stereocenters. The van der Waals surface area contributed by atoms with Crippen LogP contribution < -0.4 is 10.5 Å². The zero-order valence-electron chi connectivity index (χ0n) is 9.82. The predicted molar refractivity (Wildman–Crippen MR) is 64.6 cm³/mol. The molecule has 1 rings (SSSR count). The van der Waals surface area contributed by atoms with Crippen molar-refractivity contribution in [1.82, 2.24) is 0 Å². The van der Waals surface area contributed by atoms with Crippen molar-refractivity contribution in [2.75, 3.05) is 6.61 Å². The van der Waals surface area contributed by atoms with Crippen LogP contribution in [0.2, 0.25) is 0 Å². The van der Waals surface area contributed by atoms with Crippen molar-refractivity contribution in [3.05, 3.63) is 33.4 Å². The lowest BCUT2D eigenvalue weighted by molar-refractivity contribution is -0.385. The van der Waals surface area contributed by atoms with E-state index in [1.165, 1.54) is 6.07 Å². The van der Waals surface area contributed by atoms with Crippen molar-refractivity contribution >= 4 is 11.5 Å². The summed E-state index contributed by atoms with van der Waals surface area (Å²) in [5.74, 6) is 0.493. The number of nitrogens with zero attached hydrogens (tertiary/aromatic N) is 1. The molecule has 0 atom stereocenters. The first-order valence-corrected chi connectivity index (χ1v) is 5.13. The third-order valence-corrected chi connectivity index (χ3v) is 2.32. The summed E-state index contributed by atoms with van der Waals surface area (Å²) in [6.07, 6.45) is 0.307. The normalized spacial score (nSPS) is 10.0. The smallest absolute Gasteiger partial charge is 0.276 e. The average molecular weight is 237 g/mol. The van der Waals surface area contributed by atoms with Crippen LogP contribution in [0.3, 0.4) is 0 Å². The van der Waals surface area contributed by atoms with Gasteiger partial charge in [0.1, 0.15) is 5.75 Å². The molecular weight excluding hydrogens is 222 g/mol. The van der Waals surface area contributed by atoms with Crippen LogP contribution in [0.25, 0.3) is 0 Å². The molecule has 0 heterocycles. The van der Waals surface area contributed by atoms with Crippen LogP contribution in [0.15, 0.2) is 12.1 Å². The van der Waals surface area contributed by atoms with Gasteiger partial charge in [-0.2, -0.15) is 0 Å². The lowest BCUT2D eigenvalue weighted by Gasteiger charge is -2.09. The average Bonchev–Trinajstić information content (AvgIpc) is 2.20. The number of benzene rings is 1. The molecule has 3 N–H and O–H groups in total. The minimum atomic E-state index is -0.438. The van der Waals surface area contributed by atoms with E-state index in [4.69, 9.17) is 15.9 Å². The topological polar surface area (TPSA) is 102 Å². The van der Waals surface area contributed by atoms with Crippen molar-refractivity contribution in [3.63, 3.8) is 0 Å². The van der Waals surface area contributed by atoms with Gasteiger partial charge in [-0.1, -0.05) is 0 Å². The van der Waals surface area contributed by atoms with E-state index >= 15 is 0 Å². The van der Waals surface area contributed by atoms with Crippen LogP contribution in [0.4, 0.5) is 5.69 Å². The van der Waals surface area contributed by atoms with E-state index in [1.54, 1.807) is 13.0 Å². The van der Waals surface area contributed by atoms with Crippen LogP contribution in [-0.2, 0) is 0 Å². The number of aryl methyl sites for hydroxylation is 2. The summed E-state index contributed by atoms with van der Waals surface area (Å²) in [7, 11) is 0. The van der Waals surface area contributed by atoms with Crippen molar-refractivity contribution in [3.8, 4) is 5.75 Å². The fraction of sp³-hybridized carbons (Fsp3) is 0.364. The van der Waals surface area contributed by atoms with Gasteiger partial charge in [-0.3, -0.25) is 15.5 Å². The molecule has 0 amide bonds. The molecule has 0 bridgehead atoms. The minimum Gasteiger partial charge on any atom is -0.493 e. The van der Waals surface area contributed by atoms with Crippen molar-refractivity contribution in [2.45, 2.75) is 20.3 Å². The van der Waals surface area contributed by atoms with Crippen LogP contribution in [0.1, 0.15) is 17.5 Å². The molecule has 6 nitrogen and oxygen atoms in total. The van der Waals surface area contributed by atoms with Gasteiger partial charge in [-0.15, -0.1) is 0 Å². The number of nitrogens with two attached hydrogens (primary N) is 1. The maximum Gasteiger partial charge on any atom is 0.276 e. The maximum atomic E-state index is 10.8. The van der Waals surface area contributed by atoms with Gasteiger partial charge in [0.2, 0.25) is 0 Å². The van der Waals surface area contributed by atoms with E-state index in [0.717, 1.165) is 5.56 Å². The summed E-state index contributed by atoms with van der Waals surface area (Å²) >= 11 is 0. The molecule has 0 aliphatic heterocycles. The van der Waals surface area contributed by atoms with Crippen molar-refractivity contribution in [1.29, 1.82) is 5.41 Å². The molecule has 1 aromatic carbocycles. The summed E-state index contributed by atoms with van der Waals surface area (Å²) in [6, 6.07) is 3.12. The number of ether oxygens (including phenoxy) is 1. The quantitative estimate of drug-likeness (QED) is 0.353. The van der Waals surface area contributed by atoms with E-state index in [-0.39, 0.29) is 18.1 Å². The highest BCUT2D eigenvalue weighted by Gasteiger charge is 2.14. The Morgan fingerprint density at radius 1 is 1.47 bits per heavy atom. The monoisotopic (exact) mass is 237 g/mol. The number of rotatable bonds is 5. The first kappa shape index (κ1) is 13.0. The molecule has 0 fully saturated rings. The van der Waals surface area contributed by atoms with Crippen LogP contribution in [-0.4, -0.2) is 17.4 Å². The van der Waals surface area contributed by atoms with Gasteiger partial charge < -0.3 is 10.5 Å². The Kier molecular flexibility index (Phi) is 4.03. The number of amidine groups is 1. The van der Waals surface area contributed by atoms with Crippen molar-refractivity contribution < 1.29 is 9.66 Å². The van der Waals surface area contributed by atoms with Crippen molar-refractivity contribution in [2.24, 2.45) is 5.73 Å². The molecule has 0 saturated carbocycles. The highest BCUT2D eigenvalue weighted by atomic mass is 16.6. The van der Waals surface area contributed by atoms with E-state index in [1.807, 2.05) is 6.92 Å². The third kappa shape index (κ3) is 3.44. The Bertz CT molecular complexity index is 458. The molecule has 92 valence electrons. The van der Waals surface area contributed by atoms with Gasteiger partial charge in [0.25, 0.3) is 5.69 Å². The highest BCUT2D eigenvalue weighted by molar-refractivity contribution is 5.76. The molecule has 6 heteroatoms. The van der Waals surface area contributed by atoms with Gasteiger partial charge in [-0.05, 0) is 25.5 Å². The fourth-order valence-corrected chi connectivity index (χ4v) is 1.44. The molecule has 17 heavy (non-hydrogen) atoms. The Labute approximate surface area is 99.0 Å². The first-order chi connectivity index (χ1) is 7.91. The van der Waals surface area contributed by atoms with Crippen LogP contribution in [0, 0.1) is 29.4 Å².